The molecule has 0 fully saturated rings. The van der Waals surface area contributed by atoms with Crippen LogP contribution < -0.4 is 11.1 Å². The molecule has 0 saturated heterocycles. The van der Waals surface area contributed by atoms with E-state index in [0.29, 0.717) is 15.7 Å². The molecule has 2 aromatic heterocycles. The van der Waals surface area contributed by atoms with Gasteiger partial charge in [-0.3, -0.25) is 9.59 Å². The molecular weight excluding hydrogens is 332 g/mol. The summed E-state index contributed by atoms with van der Waals surface area (Å²) in [6.07, 6.45) is 0. The second-order valence-electron chi connectivity index (χ2n) is 4.84. The molecule has 0 bridgehead atoms. The Kier molecular flexibility index (Phi) is 4.35. The van der Waals surface area contributed by atoms with E-state index in [4.69, 9.17) is 5.73 Å². The van der Waals surface area contributed by atoms with Crippen LogP contribution in [-0.2, 0) is 4.79 Å². The number of carbonyl (C=O) groups is 2. The number of primary amides is 1. The minimum Gasteiger partial charge on any atom is -0.366 e. The zero-order valence-corrected chi connectivity index (χ0v) is 13.8. The molecule has 0 aliphatic rings. The van der Waals surface area contributed by atoms with Gasteiger partial charge in [-0.05, 0) is 30.5 Å². The number of aromatic amines is 1. The average molecular weight is 346 g/mol. The molecular formula is C15H14N4O2S2. The summed E-state index contributed by atoms with van der Waals surface area (Å²) in [6, 6.07) is 9.27. The molecule has 1 aromatic carbocycles. The van der Waals surface area contributed by atoms with Crippen molar-refractivity contribution >= 4 is 50.9 Å². The molecule has 0 aliphatic carbocycles. The van der Waals surface area contributed by atoms with Crippen LogP contribution >= 0.6 is 23.1 Å². The number of nitrogens with two attached hydrogens (primary N) is 1. The number of imidazole rings is 1. The number of H-pyrrole nitrogens is 1. The summed E-state index contributed by atoms with van der Waals surface area (Å²) in [7, 11) is 0. The number of fused-ring (bicyclic) bond motifs is 1. The van der Waals surface area contributed by atoms with Gasteiger partial charge in [0.15, 0.2) is 5.16 Å². The number of nitrogens with one attached hydrogen (secondary N) is 2. The minimum atomic E-state index is -0.556. The normalized spacial score (nSPS) is 12.2. The number of hydrogen-bond acceptors (Lipinski definition) is 5. The van der Waals surface area contributed by atoms with Crippen LogP contribution in [0, 0.1) is 0 Å². The first kappa shape index (κ1) is 15.6. The van der Waals surface area contributed by atoms with Gasteiger partial charge in [-0.1, -0.05) is 23.9 Å². The number of benzene rings is 1. The summed E-state index contributed by atoms with van der Waals surface area (Å²) in [6.45, 7) is 1.78. The van der Waals surface area contributed by atoms with Crippen LogP contribution in [0.4, 0.5) is 5.00 Å². The van der Waals surface area contributed by atoms with Gasteiger partial charge in [-0.2, -0.15) is 0 Å². The number of rotatable bonds is 5. The number of thiophene rings is 1. The van der Waals surface area contributed by atoms with E-state index in [1.54, 1.807) is 18.4 Å². The molecule has 2 amide bonds. The Bertz CT molecular complexity index is 838. The third kappa shape index (κ3) is 3.38. The molecule has 0 radical (unpaired) electrons. The maximum Gasteiger partial charge on any atom is 0.251 e. The van der Waals surface area contributed by atoms with E-state index in [9.17, 15) is 9.59 Å². The topological polar surface area (TPSA) is 101 Å². The predicted molar refractivity (Wildman–Crippen MR) is 92.9 cm³/mol. The lowest BCUT2D eigenvalue weighted by atomic mass is 10.3. The van der Waals surface area contributed by atoms with Crippen LogP contribution in [0.2, 0.25) is 0 Å². The van der Waals surface area contributed by atoms with E-state index in [0.717, 1.165) is 11.0 Å². The van der Waals surface area contributed by atoms with E-state index in [1.807, 2.05) is 24.3 Å². The highest BCUT2D eigenvalue weighted by atomic mass is 32.2. The molecule has 6 nitrogen and oxygen atoms in total. The SMILES string of the molecule is C[C@H](Sc1nc2ccccc2[nH]1)C(=O)Nc1sccc1C(N)=O. The maximum atomic E-state index is 12.3. The van der Waals surface area contributed by atoms with Crippen LogP contribution in [0.3, 0.4) is 0 Å². The average Bonchev–Trinajstić information content (AvgIpc) is 3.12. The van der Waals surface area contributed by atoms with Crippen molar-refractivity contribution in [3.63, 3.8) is 0 Å². The molecule has 3 aromatic rings. The Labute approximate surface area is 140 Å². The Morgan fingerprint density at radius 2 is 2.13 bits per heavy atom. The first-order chi connectivity index (χ1) is 11.0. The van der Waals surface area contributed by atoms with Gasteiger partial charge in [0, 0.05) is 0 Å². The molecule has 118 valence electrons. The summed E-state index contributed by atoms with van der Waals surface area (Å²) in [4.78, 5) is 31.2. The lowest BCUT2D eigenvalue weighted by Gasteiger charge is -2.10. The lowest BCUT2D eigenvalue weighted by molar-refractivity contribution is -0.115. The highest BCUT2D eigenvalue weighted by Gasteiger charge is 2.19. The van der Waals surface area contributed by atoms with E-state index in [2.05, 4.69) is 15.3 Å². The van der Waals surface area contributed by atoms with E-state index in [-0.39, 0.29) is 11.2 Å². The van der Waals surface area contributed by atoms with Crippen LogP contribution in [0.5, 0.6) is 0 Å². The van der Waals surface area contributed by atoms with Gasteiger partial charge in [-0.15, -0.1) is 11.3 Å². The van der Waals surface area contributed by atoms with Crippen LogP contribution in [0.1, 0.15) is 17.3 Å². The number of carbonyl (C=O) groups excluding carboxylic acids is 2. The zero-order chi connectivity index (χ0) is 16.4. The summed E-state index contributed by atoms with van der Waals surface area (Å²) >= 11 is 2.59. The minimum absolute atomic E-state index is 0.208. The second kappa shape index (κ2) is 6.43. The summed E-state index contributed by atoms with van der Waals surface area (Å²) in [5.41, 5.74) is 7.38. The number of aromatic nitrogens is 2. The van der Waals surface area contributed by atoms with E-state index in [1.165, 1.54) is 23.1 Å². The summed E-state index contributed by atoms with van der Waals surface area (Å²) in [5.74, 6) is -0.764. The monoisotopic (exact) mass is 346 g/mol. The lowest BCUT2D eigenvalue weighted by Crippen LogP contribution is -2.23. The van der Waals surface area contributed by atoms with Crippen LogP contribution in [0.25, 0.3) is 11.0 Å². The van der Waals surface area contributed by atoms with Gasteiger partial charge >= 0.3 is 0 Å². The third-order valence-corrected chi connectivity index (χ3v) is 5.01. The van der Waals surface area contributed by atoms with Crippen LogP contribution in [0.15, 0.2) is 40.9 Å². The highest BCUT2D eigenvalue weighted by Crippen LogP contribution is 2.27. The molecule has 0 unspecified atom stereocenters. The fourth-order valence-electron chi connectivity index (χ4n) is 2.02. The van der Waals surface area contributed by atoms with Crippen molar-refractivity contribution in [2.45, 2.75) is 17.3 Å². The van der Waals surface area contributed by atoms with Crippen molar-refractivity contribution in [3.05, 3.63) is 41.3 Å². The van der Waals surface area contributed by atoms with Gasteiger partial charge in [0.05, 0.1) is 21.8 Å². The molecule has 8 heteroatoms. The molecule has 23 heavy (non-hydrogen) atoms. The smallest absolute Gasteiger partial charge is 0.251 e. The molecule has 2 heterocycles. The van der Waals surface area contributed by atoms with Gasteiger partial charge < -0.3 is 16.0 Å². The molecule has 0 aliphatic heterocycles. The van der Waals surface area contributed by atoms with Gasteiger partial charge in [0.1, 0.15) is 5.00 Å². The summed E-state index contributed by atoms with van der Waals surface area (Å²) in [5, 5.41) is 5.23. The third-order valence-electron chi connectivity index (χ3n) is 3.19. The molecule has 1 atom stereocenters. The van der Waals surface area contributed by atoms with Crippen molar-refractivity contribution in [1.82, 2.24) is 9.97 Å². The molecule has 0 saturated carbocycles. The first-order valence-corrected chi connectivity index (χ1v) is 8.60. The number of hydrogen-bond donors (Lipinski definition) is 3. The Morgan fingerprint density at radius 3 is 2.87 bits per heavy atom. The number of nitrogens with zero attached hydrogens (tertiary/aromatic N) is 1. The van der Waals surface area contributed by atoms with E-state index >= 15 is 0 Å². The Morgan fingerprint density at radius 1 is 1.35 bits per heavy atom. The predicted octanol–water partition coefficient (Wildman–Crippen LogP) is 2.84. The van der Waals surface area contributed by atoms with Crippen molar-refractivity contribution in [2.24, 2.45) is 5.73 Å². The number of para-hydroxylation sites is 2. The Hall–Kier alpha value is -2.32. The fraction of sp³-hybridized carbons (Fsp3) is 0.133. The number of anilines is 1. The maximum absolute atomic E-state index is 12.3. The van der Waals surface area contributed by atoms with Crippen molar-refractivity contribution in [1.29, 1.82) is 0 Å². The van der Waals surface area contributed by atoms with Gasteiger partial charge in [0.2, 0.25) is 5.91 Å². The molecule has 3 rings (SSSR count). The number of thioether (sulfide) groups is 1. The molecule has 0 spiro atoms. The van der Waals surface area contributed by atoms with Crippen molar-refractivity contribution in [3.8, 4) is 0 Å². The highest BCUT2D eigenvalue weighted by molar-refractivity contribution is 8.00. The fourth-order valence-corrected chi connectivity index (χ4v) is 3.64. The quantitative estimate of drug-likeness (QED) is 0.618. The second-order valence-corrected chi connectivity index (χ2v) is 7.08. The number of amides is 2. The van der Waals surface area contributed by atoms with Crippen molar-refractivity contribution in [2.75, 3.05) is 5.32 Å². The van der Waals surface area contributed by atoms with Crippen LogP contribution in [-0.4, -0.2) is 27.0 Å². The first-order valence-electron chi connectivity index (χ1n) is 6.84. The van der Waals surface area contributed by atoms with Crippen molar-refractivity contribution < 1.29 is 9.59 Å². The largest absolute Gasteiger partial charge is 0.366 e. The molecule has 4 N–H and O–H groups in total. The standard InChI is InChI=1S/C15H14N4O2S2/c1-8(13(21)19-14-9(12(16)20)6-7-22-14)23-15-17-10-4-2-3-5-11(10)18-15/h2-8H,1H3,(H2,16,20)(H,17,18)(H,19,21)/t8-/m0/s1. The van der Waals surface area contributed by atoms with E-state index < -0.39 is 5.91 Å². The zero-order valence-electron chi connectivity index (χ0n) is 12.2. The van der Waals surface area contributed by atoms with Gasteiger partial charge in [-0.25, -0.2) is 4.98 Å². The van der Waals surface area contributed by atoms with Gasteiger partial charge in [0.25, 0.3) is 5.91 Å². The Balaban J connectivity index is 1.69. The summed E-state index contributed by atoms with van der Waals surface area (Å²) < 4.78 is 0.